The lowest BCUT2D eigenvalue weighted by Crippen LogP contribution is -3.07. The van der Waals surface area contributed by atoms with Crippen molar-refractivity contribution in [2.75, 3.05) is 20.1 Å². The molecule has 0 bridgehead atoms. The molecule has 2 unspecified atom stereocenters. The second kappa shape index (κ2) is 7.03. The number of likely N-dealkylation sites (N-methyl/N-ethyl adjacent to an activating group) is 1. The van der Waals surface area contributed by atoms with Crippen LogP contribution in [-0.4, -0.2) is 32.3 Å². The maximum absolute atomic E-state index is 6.03. The average molecular weight is 288 g/mol. The molecule has 1 saturated carbocycles. The predicted molar refractivity (Wildman–Crippen MR) is 83.5 cm³/mol. The molecule has 1 N–H and O–H groups in total. The number of hydrogen-bond acceptors (Lipinski definition) is 3. The van der Waals surface area contributed by atoms with Crippen molar-refractivity contribution in [3.63, 3.8) is 0 Å². The zero-order valence-electron chi connectivity index (χ0n) is 12.9. The van der Waals surface area contributed by atoms with Crippen LogP contribution in [0.3, 0.4) is 0 Å². The van der Waals surface area contributed by atoms with Crippen molar-refractivity contribution in [1.29, 1.82) is 0 Å². The van der Waals surface area contributed by atoms with E-state index in [4.69, 9.17) is 4.74 Å². The molecule has 1 aromatic carbocycles. The van der Waals surface area contributed by atoms with Crippen LogP contribution in [0.4, 0.5) is 5.69 Å². The number of benzene rings is 1. The van der Waals surface area contributed by atoms with Crippen molar-refractivity contribution in [3.05, 3.63) is 24.3 Å². The fourth-order valence-corrected chi connectivity index (χ4v) is 3.23. The van der Waals surface area contributed by atoms with E-state index < -0.39 is 0 Å². The molecule has 1 aliphatic heterocycles. The number of hydrogen-bond donors (Lipinski definition) is 1. The molecule has 1 aromatic rings. The monoisotopic (exact) mass is 288 g/mol. The summed E-state index contributed by atoms with van der Waals surface area (Å²) < 4.78 is 6.03. The molecule has 2 atom stereocenters. The van der Waals surface area contributed by atoms with Crippen LogP contribution in [-0.2, 0) is 0 Å². The molecular formula is C17H26N3O+. The van der Waals surface area contributed by atoms with Crippen molar-refractivity contribution in [2.24, 2.45) is 10.2 Å². The Morgan fingerprint density at radius 1 is 1.05 bits per heavy atom. The number of azo groups is 1. The van der Waals surface area contributed by atoms with Crippen molar-refractivity contribution in [1.82, 2.24) is 0 Å². The topological polar surface area (TPSA) is 38.4 Å². The van der Waals surface area contributed by atoms with Gasteiger partial charge in [0.1, 0.15) is 18.3 Å². The van der Waals surface area contributed by atoms with Crippen LogP contribution in [0.2, 0.25) is 0 Å². The molecular weight excluding hydrogens is 262 g/mol. The van der Waals surface area contributed by atoms with Crippen LogP contribution in [0, 0.1) is 0 Å². The van der Waals surface area contributed by atoms with E-state index in [1.807, 2.05) is 24.3 Å². The summed E-state index contributed by atoms with van der Waals surface area (Å²) in [6.07, 6.45) is 7.90. The number of likely N-dealkylation sites (tertiary alicyclic amines) is 1. The van der Waals surface area contributed by atoms with Crippen molar-refractivity contribution in [2.45, 2.75) is 50.7 Å². The molecule has 0 aromatic heterocycles. The number of nitrogens with one attached hydrogen (secondary N) is 1. The summed E-state index contributed by atoms with van der Waals surface area (Å²) in [5.74, 6) is 0.964. The maximum Gasteiger partial charge on any atom is 0.125 e. The van der Waals surface area contributed by atoms with Gasteiger partial charge in [-0.1, -0.05) is 6.42 Å². The summed E-state index contributed by atoms with van der Waals surface area (Å²) in [5.41, 5.74) is 0.926. The van der Waals surface area contributed by atoms with Gasteiger partial charge in [0, 0.05) is 6.42 Å². The molecule has 1 saturated heterocycles. The van der Waals surface area contributed by atoms with Crippen molar-refractivity contribution in [3.8, 4) is 5.75 Å². The third kappa shape index (κ3) is 4.27. The molecule has 0 radical (unpaired) electrons. The Morgan fingerprint density at radius 3 is 2.48 bits per heavy atom. The smallest absolute Gasteiger partial charge is 0.125 e. The number of ether oxygens (including phenoxy) is 1. The minimum atomic E-state index is 0.392. The number of quaternary nitrogens is 1. The molecule has 0 amide bonds. The normalized spacial score (nSPS) is 27.3. The van der Waals surface area contributed by atoms with Gasteiger partial charge in [-0.05, 0) is 49.9 Å². The molecule has 4 heteroatoms. The Hall–Kier alpha value is -1.42. The van der Waals surface area contributed by atoms with Gasteiger partial charge in [-0.15, -0.1) is 0 Å². The van der Waals surface area contributed by atoms with Crippen molar-refractivity contribution < 1.29 is 9.64 Å². The Labute approximate surface area is 127 Å². The van der Waals surface area contributed by atoms with E-state index in [0.717, 1.165) is 24.4 Å². The van der Waals surface area contributed by atoms with E-state index in [-0.39, 0.29) is 0 Å². The van der Waals surface area contributed by atoms with Crippen LogP contribution in [0.5, 0.6) is 5.75 Å². The molecule has 4 nitrogen and oxygen atoms in total. The van der Waals surface area contributed by atoms with Crippen LogP contribution in [0.1, 0.15) is 38.5 Å². The SMILES string of the molecule is C[NH+]1CCC(N=Nc2ccc(OC3CCCCC3)cc2)C1. The first-order chi connectivity index (χ1) is 10.3. The zero-order valence-corrected chi connectivity index (χ0v) is 12.9. The van der Waals surface area contributed by atoms with Gasteiger partial charge in [-0.25, -0.2) is 0 Å². The van der Waals surface area contributed by atoms with E-state index in [9.17, 15) is 0 Å². The fourth-order valence-electron chi connectivity index (χ4n) is 3.23. The Bertz CT molecular complexity index is 465. The molecule has 114 valence electrons. The Kier molecular flexibility index (Phi) is 4.86. The standard InChI is InChI=1S/C17H25N3O/c1-20-12-11-15(13-20)19-18-14-7-9-17(10-8-14)21-16-5-3-2-4-6-16/h7-10,15-16H,2-6,11-13H2,1H3/p+1. The minimum Gasteiger partial charge on any atom is -0.490 e. The van der Waals surface area contributed by atoms with Gasteiger partial charge in [-0.3, -0.25) is 0 Å². The number of rotatable bonds is 4. The van der Waals surface area contributed by atoms with E-state index in [0.29, 0.717) is 12.1 Å². The predicted octanol–water partition coefficient (Wildman–Crippen LogP) is 2.77. The summed E-state index contributed by atoms with van der Waals surface area (Å²) in [6.45, 7) is 2.31. The quantitative estimate of drug-likeness (QED) is 0.850. The number of nitrogens with zero attached hydrogens (tertiary/aromatic N) is 2. The molecule has 3 rings (SSSR count). The van der Waals surface area contributed by atoms with Crippen LogP contribution >= 0.6 is 0 Å². The fraction of sp³-hybridized carbons (Fsp3) is 0.647. The van der Waals surface area contributed by atoms with Crippen molar-refractivity contribution >= 4 is 5.69 Å². The Balaban J connectivity index is 1.52. The first-order valence-corrected chi connectivity index (χ1v) is 8.28. The average Bonchev–Trinajstić information content (AvgIpc) is 2.93. The van der Waals surface area contributed by atoms with Gasteiger partial charge >= 0.3 is 0 Å². The van der Waals surface area contributed by atoms with Gasteiger partial charge in [-0.2, -0.15) is 10.2 Å². The van der Waals surface area contributed by atoms with E-state index >= 15 is 0 Å². The zero-order chi connectivity index (χ0) is 14.5. The summed E-state index contributed by atoms with van der Waals surface area (Å²) in [7, 11) is 2.22. The second-order valence-electron chi connectivity index (χ2n) is 6.44. The molecule has 2 aliphatic rings. The first kappa shape index (κ1) is 14.5. The third-order valence-electron chi connectivity index (χ3n) is 4.52. The second-order valence-corrected chi connectivity index (χ2v) is 6.44. The highest BCUT2D eigenvalue weighted by atomic mass is 16.5. The molecule has 1 aliphatic carbocycles. The lowest BCUT2D eigenvalue weighted by molar-refractivity contribution is -0.866. The van der Waals surface area contributed by atoms with E-state index in [2.05, 4.69) is 17.3 Å². The van der Waals surface area contributed by atoms with Gasteiger partial charge in [0.05, 0.1) is 25.4 Å². The van der Waals surface area contributed by atoms with Crippen LogP contribution in [0.25, 0.3) is 0 Å². The molecule has 1 heterocycles. The molecule has 21 heavy (non-hydrogen) atoms. The molecule has 0 spiro atoms. The summed E-state index contributed by atoms with van der Waals surface area (Å²) in [4.78, 5) is 1.55. The summed E-state index contributed by atoms with van der Waals surface area (Å²) >= 11 is 0. The van der Waals surface area contributed by atoms with E-state index in [1.165, 1.54) is 38.6 Å². The third-order valence-corrected chi connectivity index (χ3v) is 4.52. The first-order valence-electron chi connectivity index (χ1n) is 8.28. The van der Waals surface area contributed by atoms with E-state index in [1.54, 1.807) is 4.90 Å². The largest absolute Gasteiger partial charge is 0.490 e. The summed E-state index contributed by atoms with van der Waals surface area (Å²) in [6, 6.07) is 8.45. The summed E-state index contributed by atoms with van der Waals surface area (Å²) in [5, 5.41) is 8.82. The van der Waals surface area contributed by atoms with Crippen LogP contribution in [0.15, 0.2) is 34.5 Å². The van der Waals surface area contributed by atoms with Gasteiger partial charge in [0.2, 0.25) is 0 Å². The Morgan fingerprint density at radius 2 is 1.81 bits per heavy atom. The maximum atomic E-state index is 6.03. The van der Waals surface area contributed by atoms with Gasteiger partial charge < -0.3 is 9.64 Å². The molecule has 2 fully saturated rings. The van der Waals surface area contributed by atoms with Gasteiger partial charge in [0.25, 0.3) is 0 Å². The van der Waals surface area contributed by atoms with Gasteiger partial charge in [0.15, 0.2) is 0 Å². The highest BCUT2D eigenvalue weighted by Crippen LogP contribution is 2.25. The highest BCUT2D eigenvalue weighted by molar-refractivity contribution is 5.40. The minimum absolute atomic E-state index is 0.392. The lowest BCUT2D eigenvalue weighted by Gasteiger charge is -2.22. The highest BCUT2D eigenvalue weighted by Gasteiger charge is 2.22. The lowest BCUT2D eigenvalue weighted by atomic mass is 9.98. The van der Waals surface area contributed by atoms with Crippen LogP contribution < -0.4 is 9.64 Å².